The molecular weight excluding hydrogens is 104 g/mol. The van der Waals surface area contributed by atoms with E-state index in [0.29, 0.717) is 19.2 Å². The van der Waals surface area contributed by atoms with E-state index in [0.717, 1.165) is 0 Å². The Kier molecular flexibility index (Phi) is 3.94. The molecule has 0 aliphatic carbocycles. The first kappa shape index (κ1) is 7.21. The Bertz CT molecular complexity index is 60.9. The summed E-state index contributed by atoms with van der Waals surface area (Å²) in [6.45, 7) is 9.74. The van der Waals surface area contributed by atoms with Crippen molar-refractivity contribution >= 4 is 0 Å². The van der Waals surface area contributed by atoms with Crippen molar-refractivity contribution in [1.82, 2.24) is 0 Å². The Morgan fingerprint density at radius 3 is 2.62 bits per heavy atom. The summed E-state index contributed by atoms with van der Waals surface area (Å²) in [6.07, 6.45) is 0. The normalized spacial score (nSPS) is 8.12. The summed E-state index contributed by atoms with van der Waals surface area (Å²) in [7, 11) is 0. The largest absolute Gasteiger partial charge is 0.466 e. The molecule has 0 unspecified atom stereocenters. The van der Waals surface area contributed by atoms with Gasteiger partial charge in [0.05, 0.1) is 6.61 Å². The van der Waals surface area contributed by atoms with Gasteiger partial charge in [-0.2, -0.15) is 0 Å². The highest BCUT2D eigenvalue weighted by atomic mass is 16.7. The minimum Gasteiger partial charge on any atom is -0.466 e. The van der Waals surface area contributed by atoms with Crippen LogP contribution in [0.3, 0.4) is 0 Å². The van der Waals surface area contributed by atoms with Crippen LogP contribution in [0.5, 0.6) is 0 Å². The number of rotatable bonds is 4. The van der Waals surface area contributed by atoms with E-state index < -0.39 is 0 Å². The zero-order chi connectivity index (χ0) is 6.41. The van der Waals surface area contributed by atoms with Gasteiger partial charge in [0.1, 0.15) is 6.92 Å². The molecule has 2 nitrogen and oxygen atoms in total. The third-order valence-electron chi connectivity index (χ3n) is 0.568. The van der Waals surface area contributed by atoms with Gasteiger partial charge < -0.3 is 9.47 Å². The van der Waals surface area contributed by atoms with Gasteiger partial charge in [0.2, 0.25) is 6.61 Å². The lowest BCUT2D eigenvalue weighted by Crippen LogP contribution is -1.94. The van der Waals surface area contributed by atoms with E-state index in [9.17, 15) is 0 Å². The Morgan fingerprint density at radius 1 is 1.62 bits per heavy atom. The molecule has 0 aromatic heterocycles. The van der Waals surface area contributed by atoms with Gasteiger partial charge >= 0.3 is 0 Å². The Balaban J connectivity index is 3.06. The minimum atomic E-state index is 0.350. The van der Waals surface area contributed by atoms with E-state index in [1.54, 1.807) is 0 Å². The molecule has 0 aromatic carbocycles. The van der Waals surface area contributed by atoms with Gasteiger partial charge in [0, 0.05) is 0 Å². The van der Waals surface area contributed by atoms with Gasteiger partial charge in [-0.3, -0.25) is 0 Å². The van der Waals surface area contributed by atoms with E-state index in [-0.39, 0.29) is 0 Å². The summed E-state index contributed by atoms with van der Waals surface area (Å²) in [5.74, 6) is 0.350. The summed E-state index contributed by atoms with van der Waals surface area (Å²) >= 11 is 0. The van der Waals surface area contributed by atoms with Crippen LogP contribution in [0.25, 0.3) is 0 Å². The van der Waals surface area contributed by atoms with Crippen LogP contribution < -0.4 is 0 Å². The first-order valence-electron chi connectivity index (χ1n) is 2.55. The topological polar surface area (TPSA) is 18.5 Å². The number of hydrogen-bond donors (Lipinski definition) is 0. The second-order valence-corrected chi connectivity index (χ2v) is 1.15. The SMILES string of the molecule is C=C(OC[CH2+])OCC. The fourth-order valence-corrected chi connectivity index (χ4v) is 0.316. The van der Waals surface area contributed by atoms with Crippen LogP contribution in [0.2, 0.25) is 0 Å². The number of hydrogen-bond acceptors (Lipinski definition) is 2. The van der Waals surface area contributed by atoms with Crippen molar-refractivity contribution in [2.24, 2.45) is 0 Å². The highest BCUT2D eigenvalue weighted by Crippen LogP contribution is 1.92. The first-order valence-corrected chi connectivity index (χ1v) is 2.55. The van der Waals surface area contributed by atoms with E-state index >= 15 is 0 Å². The van der Waals surface area contributed by atoms with Gasteiger partial charge in [-0.25, -0.2) is 0 Å². The lowest BCUT2D eigenvalue weighted by atomic mass is 10.8. The molecule has 0 amide bonds. The van der Waals surface area contributed by atoms with Crippen LogP contribution in [0.15, 0.2) is 12.5 Å². The Hall–Kier alpha value is -0.790. The van der Waals surface area contributed by atoms with Crippen LogP contribution in [0, 0.1) is 6.92 Å². The molecule has 0 aromatic rings. The standard InChI is InChI=1S/C6H11O2/c1-4-7-6(3)8-5-2/h1,3-5H2,2H3/q+1. The van der Waals surface area contributed by atoms with Gasteiger partial charge in [-0.15, -0.1) is 0 Å². The Morgan fingerprint density at radius 2 is 2.25 bits per heavy atom. The summed E-state index contributed by atoms with van der Waals surface area (Å²) in [5, 5.41) is 0. The van der Waals surface area contributed by atoms with Gasteiger partial charge in [0.25, 0.3) is 5.95 Å². The second kappa shape index (κ2) is 4.37. The molecule has 0 atom stereocenters. The quantitative estimate of drug-likeness (QED) is 0.406. The minimum absolute atomic E-state index is 0.350. The highest BCUT2D eigenvalue weighted by Gasteiger charge is 1.89. The second-order valence-electron chi connectivity index (χ2n) is 1.15. The molecular formula is C6H11O2+. The molecule has 0 aliphatic heterocycles. The fourth-order valence-electron chi connectivity index (χ4n) is 0.316. The monoisotopic (exact) mass is 115 g/mol. The third-order valence-corrected chi connectivity index (χ3v) is 0.568. The van der Waals surface area contributed by atoms with E-state index in [1.165, 1.54) is 0 Å². The molecule has 2 heteroatoms. The molecule has 46 valence electrons. The lowest BCUT2D eigenvalue weighted by molar-refractivity contribution is 0.0547. The summed E-state index contributed by atoms with van der Waals surface area (Å²) < 4.78 is 9.58. The van der Waals surface area contributed by atoms with Crippen LogP contribution in [0.4, 0.5) is 0 Å². The molecule has 0 saturated heterocycles. The molecule has 0 aliphatic rings. The molecule has 0 saturated carbocycles. The lowest BCUT2D eigenvalue weighted by Gasteiger charge is -2.02. The van der Waals surface area contributed by atoms with Gasteiger partial charge in [-0.05, 0) is 13.5 Å². The van der Waals surface area contributed by atoms with E-state index in [2.05, 4.69) is 13.5 Å². The molecule has 0 bridgehead atoms. The average molecular weight is 115 g/mol. The molecule has 0 spiro atoms. The average Bonchev–Trinajstić information content (AvgIpc) is 1.68. The first-order chi connectivity index (χ1) is 3.81. The predicted octanol–water partition coefficient (Wildman–Crippen LogP) is 1.34. The van der Waals surface area contributed by atoms with Crippen molar-refractivity contribution in [1.29, 1.82) is 0 Å². The van der Waals surface area contributed by atoms with E-state index in [4.69, 9.17) is 9.47 Å². The maximum Gasteiger partial charge on any atom is 0.274 e. The maximum atomic E-state index is 4.83. The van der Waals surface area contributed by atoms with Gasteiger partial charge in [-0.1, -0.05) is 0 Å². The van der Waals surface area contributed by atoms with Crippen molar-refractivity contribution in [3.63, 3.8) is 0 Å². The van der Waals surface area contributed by atoms with Crippen molar-refractivity contribution in [3.8, 4) is 0 Å². The zero-order valence-corrected chi connectivity index (χ0v) is 5.14. The van der Waals surface area contributed by atoms with Crippen LogP contribution in [-0.4, -0.2) is 13.2 Å². The smallest absolute Gasteiger partial charge is 0.274 e. The maximum absolute atomic E-state index is 4.83. The zero-order valence-electron chi connectivity index (χ0n) is 5.14. The summed E-state index contributed by atoms with van der Waals surface area (Å²) in [5.41, 5.74) is 0. The molecule has 0 heterocycles. The third kappa shape index (κ3) is 3.40. The molecule has 0 N–H and O–H groups in total. The van der Waals surface area contributed by atoms with Crippen LogP contribution >= 0.6 is 0 Å². The Labute approximate surface area is 50.1 Å². The molecule has 0 rings (SSSR count). The van der Waals surface area contributed by atoms with Crippen LogP contribution in [-0.2, 0) is 9.47 Å². The summed E-state index contributed by atoms with van der Waals surface area (Å²) in [4.78, 5) is 0. The van der Waals surface area contributed by atoms with Crippen molar-refractivity contribution in [2.45, 2.75) is 6.92 Å². The predicted molar refractivity (Wildman–Crippen MR) is 32.1 cm³/mol. The fraction of sp³-hybridized carbons (Fsp3) is 0.500. The van der Waals surface area contributed by atoms with Gasteiger partial charge in [0.15, 0.2) is 0 Å². The van der Waals surface area contributed by atoms with Crippen molar-refractivity contribution in [3.05, 3.63) is 19.4 Å². The summed E-state index contributed by atoms with van der Waals surface area (Å²) in [6, 6.07) is 0. The van der Waals surface area contributed by atoms with Crippen LogP contribution in [0.1, 0.15) is 6.92 Å². The van der Waals surface area contributed by atoms with E-state index in [1.807, 2.05) is 6.92 Å². The molecule has 8 heavy (non-hydrogen) atoms. The molecule has 0 radical (unpaired) electrons. The number of ether oxygens (including phenoxy) is 2. The molecule has 0 fully saturated rings. The highest BCUT2D eigenvalue weighted by molar-refractivity contribution is 4.66. The van der Waals surface area contributed by atoms with Crippen molar-refractivity contribution < 1.29 is 9.47 Å². The van der Waals surface area contributed by atoms with Crippen molar-refractivity contribution in [2.75, 3.05) is 13.2 Å².